The molecule has 6 heteroatoms. The fourth-order valence-electron chi connectivity index (χ4n) is 4.19. The maximum absolute atomic E-state index is 13.4. The van der Waals surface area contributed by atoms with Gasteiger partial charge >= 0.3 is 0 Å². The van der Waals surface area contributed by atoms with Crippen LogP contribution in [0, 0.1) is 18.7 Å². The molecule has 3 fully saturated rings. The van der Waals surface area contributed by atoms with Gasteiger partial charge < -0.3 is 0 Å². The number of hydrogen-bond acceptors (Lipinski definition) is 3. The van der Waals surface area contributed by atoms with Crippen LogP contribution in [0.1, 0.15) is 36.4 Å². The first-order valence-electron chi connectivity index (χ1n) is 8.76. The lowest BCUT2D eigenvalue weighted by Gasteiger charge is -2.49. The average Bonchev–Trinajstić information content (AvgIpc) is 2.62. The minimum Gasteiger partial charge on any atom is -0.299 e. The molecule has 2 bridgehead atoms. The molecule has 0 radical (unpaired) electrons. The maximum atomic E-state index is 13.4. The number of benzene rings is 2. The highest BCUT2D eigenvalue weighted by atomic mass is 32.2. The number of halogens is 1. The molecule has 2 heterocycles. The number of hydrogen-bond donors (Lipinski definition) is 0. The molecule has 5 rings (SSSR count). The number of carbonyl (C=O) groups excluding carboxylic acids is 1. The van der Waals surface area contributed by atoms with Crippen LogP contribution in [-0.4, -0.2) is 24.5 Å². The second-order valence-corrected chi connectivity index (χ2v) is 9.00. The molecule has 0 spiro atoms. The Morgan fingerprint density at radius 3 is 2.27 bits per heavy atom. The molecule has 0 amide bonds. The van der Waals surface area contributed by atoms with Gasteiger partial charge in [0.25, 0.3) is 0 Å². The van der Waals surface area contributed by atoms with Gasteiger partial charge in [0.05, 0.1) is 10.9 Å². The van der Waals surface area contributed by atoms with Crippen molar-refractivity contribution >= 4 is 15.8 Å². The fourth-order valence-corrected chi connectivity index (χ4v) is 6.05. The van der Waals surface area contributed by atoms with Crippen molar-refractivity contribution in [3.8, 4) is 0 Å². The Labute approximate surface area is 152 Å². The van der Waals surface area contributed by atoms with Gasteiger partial charge in [-0.05, 0) is 49.6 Å². The van der Waals surface area contributed by atoms with Crippen molar-refractivity contribution in [3.05, 3.63) is 65.5 Å². The van der Waals surface area contributed by atoms with Gasteiger partial charge in [-0.25, -0.2) is 12.8 Å². The van der Waals surface area contributed by atoms with Crippen molar-refractivity contribution in [1.29, 1.82) is 0 Å². The van der Waals surface area contributed by atoms with Crippen LogP contribution in [0.3, 0.4) is 0 Å². The Morgan fingerprint density at radius 2 is 1.65 bits per heavy atom. The molecule has 3 atom stereocenters. The summed E-state index contributed by atoms with van der Waals surface area (Å²) in [6.07, 6.45) is 1.61. The molecule has 2 saturated heterocycles. The molecular formula is C20H20FNO3S. The Morgan fingerprint density at radius 1 is 1.00 bits per heavy atom. The number of nitrogens with zero attached hydrogens (tertiary/aromatic N) is 1. The lowest BCUT2D eigenvalue weighted by Crippen LogP contribution is -2.56. The highest BCUT2D eigenvalue weighted by molar-refractivity contribution is 7.89. The highest BCUT2D eigenvalue weighted by Gasteiger charge is 2.52. The smallest absolute Gasteiger partial charge is 0.243 e. The van der Waals surface area contributed by atoms with E-state index in [1.165, 1.54) is 16.4 Å². The van der Waals surface area contributed by atoms with Crippen LogP contribution in [0.2, 0.25) is 0 Å². The van der Waals surface area contributed by atoms with Crippen LogP contribution in [0.25, 0.3) is 0 Å². The van der Waals surface area contributed by atoms with Crippen molar-refractivity contribution in [2.45, 2.75) is 43.2 Å². The first kappa shape index (κ1) is 17.4. The number of rotatable bonds is 3. The zero-order chi connectivity index (χ0) is 18.5. The summed E-state index contributed by atoms with van der Waals surface area (Å²) < 4.78 is 41.6. The monoisotopic (exact) mass is 373 g/mol. The lowest BCUT2D eigenvalue weighted by atomic mass is 9.73. The summed E-state index contributed by atoms with van der Waals surface area (Å²) in [6, 6.07) is 11.7. The second-order valence-electron chi connectivity index (χ2n) is 7.15. The third-order valence-corrected chi connectivity index (χ3v) is 7.43. The van der Waals surface area contributed by atoms with Crippen molar-refractivity contribution in [3.63, 3.8) is 0 Å². The van der Waals surface area contributed by atoms with Crippen LogP contribution < -0.4 is 0 Å². The highest BCUT2D eigenvalue weighted by Crippen LogP contribution is 2.48. The molecular weight excluding hydrogens is 353 g/mol. The van der Waals surface area contributed by atoms with Gasteiger partial charge in [0.15, 0.2) is 0 Å². The van der Waals surface area contributed by atoms with E-state index in [2.05, 4.69) is 0 Å². The van der Waals surface area contributed by atoms with Crippen molar-refractivity contribution in [2.24, 2.45) is 5.92 Å². The minimum atomic E-state index is -3.75. The summed E-state index contributed by atoms with van der Waals surface area (Å²) in [7, 11) is -3.75. The SMILES string of the molecule is Cc1ccc(S(=O)(=O)N2[C@@H]3CC[C@@H](C(=O)C3)[C@H]2c2ccc(F)cc2)cc1. The fraction of sp³-hybridized carbons (Fsp3) is 0.350. The van der Waals surface area contributed by atoms with Gasteiger partial charge in [0.1, 0.15) is 11.6 Å². The summed E-state index contributed by atoms with van der Waals surface area (Å²) >= 11 is 0. The van der Waals surface area contributed by atoms with Crippen molar-refractivity contribution < 1.29 is 17.6 Å². The largest absolute Gasteiger partial charge is 0.299 e. The van der Waals surface area contributed by atoms with Crippen LogP contribution in [0.4, 0.5) is 4.39 Å². The van der Waals surface area contributed by atoms with E-state index < -0.39 is 16.1 Å². The van der Waals surface area contributed by atoms with Gasteiger partial charge in [-0.2, -0.15) is 4.31 Å². The Balaban J connectivity index is 1.82. The summed E-state index contributed by atoms with van der Waals surface area (Å²) in [6.45, 7) is 1.90. The topological polar surface area (TPSA) is 54.5 Å². The normalized spacial score (nSPS) is 26.2. The molecule has 2 aliphatic heterocycles. The van der Waals surface area contributed by atoms with Gasteiger partial charge in [-0.15, -0.1) is 0 Å². The van der Waals surface area contributed by atoms with Crippen LogP contribution in [-0.2, 0) is 14.8 Å². The Hall–Kier alpha value is -2.05. The number of sulfonamides is 1. The molecule has 26 heavy (non-hydrogen) atoms. The minimum absolute atomic E-state index is 0.103. The quantitative estimate of drug-likeness (QED) is 0.826. The van der Waals surface area contributed by atoms with E-state index in [1.807, 2.05) is 6.92 Å². The molecule has 0 unspecified atom stereocenters. The Kier molecular flexibility index (Phi) is 4.20. The molecule has 0 N–H and O–H groups in total. The zero-order valence-corrected chi connectivity index (χ0v) is 15.2. The third kappa shape index (κ3) is 2.77. The first-order chi connectivity index (χ1) is 12.4. The predicted octanol–water partition coefficient (Wildman–Crippen LogP) is 3.62. The van der Waals surface area contributed by atoms with Gasteiger partial charge in [-0.3, -0.25) is 4.79 Å². The molecule has 1 aliphatic carbocycles. The average molecular weight is 373 g/mol. The molecule has 2 aromatic carbocycles. The summed E-state index contributed by atoms with van der Waals surface area (Å²) in [5.74, 6) is -0.648. The molecule has 2 aromatic rings. The van der Waals surface area contributed by atoms with E-state index in [-0.39, 0.29) is 34.9 Å². The second kappa shape index (κ2) is 6.28. The van der Waals surface area contributed by atoms with E-state index in [9.17, 15) is 17.6 Å². The Bertz CT molecular complexity index is 938. The lowest BCUT2D eigenvalue weighted by molar-refractivity contribution is -0.133. The van der Waals surface area contributed by atoms with Crippen LogP contribution in [0.5, 0.6) is 0 Å². The third-order valence-electron chi connectivity index (χ3n) is 5.48. The molecule has 0 aromatic heterocycles. The van der Waals surface area contributed by atoms with Gasteiger partial charge in [-0.1, -0.05) is 29.8 Å². The maximum Gasteiger partial charge on any atom is 0.243 e. The van der Waals surface area contributed by atoms with Crippen LogP contribution >= 0.6 is 0 Å². The van der Waals surface area contributed by atoms with Crippen molar-refractivity contribution in [2.75, 3.05) is 0 Å². The number of piperidine rings is 2. The van der Waals surface area contributed by atoms with Crippen molar-refractivity contribution in [1.82, 2.24) is 4.31 Å². The van der Waals surface area contributed by atoms with Crippen LogP contribution in [0.15, 0.2) is 53.4 Å². The molecule has 4 nitrogen and oxygen atoms in total. The van der Waals surface area contributed by atoms with E-state index >= 15 is 0 Å². The number of carbonyl (C=O) groups is 1. The first-order valence-corrected chi connectivity index (χ1v) is 10.2. The number of Topliss-reactive ketones (excluding diaryl/α,β-unsaturated/α-hetero) is 1. The van der Waals surface area contributed by atoms with E-state index in [0.717, 1.165) is 5.56 Å². The van der Waals surface area contributed by atoms with E-state index in [1.54, 1.807) is 36.4 Å². The summed E-state index contributed by atoms with van der Waals surface area (Å²) in [5.41, 5.74) is 1.65. The molecule has 3 aliphatic rings. The van der Waals surface area contributed by atoms with E-state index in [4.69, 9.17) is 0 Å². The number of ketones is 1. The van der Waals surface area contributed by atoms with Gasteiger partial charge in [0, 0.05) is 18.4 Å². The number of fused-ring (bicyclic) bond motifs is 3. The number of aryl methyl sites for hydroxylation is 1. The molecule has 1 saturated carbocycles. The summed E-state index contributed by atoms with van der Waals surface area (Å²) in [5, 5.41) is 0. The van der Waals surface area contributed by atoms with Gasteiger partial charge in [0.2, 0.25) is 10.0 Å². The molecule has 136 valence electrons. The van der Waals surface area contributed by atoms with E-state index in [0.29, 0.717) is 18.4 Å². The predicted molar refractivity (Wildman–Crippen MR) is 95.5 cm³/mol. The zero-order valence-electron chi connectivity index (χ0n) is 14.4. The standard InChI is InChI=1S/C20H20FNO3S/c1-13-2-9-17(10-3-13)26(24,25)22-16-8-11-18(19(23)12-16)20(22)14-4-6-15(21)7-5-14/h2-7,9-10,16,18,20H,8,11-12H2,1H3/t16-,18+,20-/m1/s1. The summed E-state index contributed by atoms with van der Waals surface area (Å²) in [4.78, 5) is 12.7.